The van der Waals surface area contributed by atoms with Gasteiger partial charge in [-0.3, -0.25) is 4.79 Å². The van der Waals surface area contributed by atoms with E-state index < -0.39 is 11.9 Å². The summed E-state index contributed by atoms with van der Waals surface area (Å²) in [7, 11) is 0. The van der Waals surface area contributed by atoms with E-state index in [9.17, 15) is 14.7 Å². The topological polar surface area (TPSA) is 69.2 Å². The Morgan fingerprint density at radius 3 is 2.47 bits per heavy atom. The third-order valence-electron chi connectivity index (χ3n) is 2.48. The van der Waals surface area contributed by atoms with E-state index >= 15 is 0 Å². The van der Waals surface area contributed by atoms with Crippen LogP contribution in [0.25, 0.3) is 0 Å². The van der Waals surface area contributed by atoms with Gasteiger partial charge in [0, 0.05) is 16.1 Å². The van der Waals surface area contributed by atoms with Gasteiger partial charge in [-0.1, -0.05) is 35.9 Å². The number of halogens is 1. The Kier molecular flexibility index (Phi) is 3.82. The molecule has 0 bridgehead atoms. The first-order valence-corrected chi connectivity index (χ1v) is 5.83. The Labute approximate surface area is 114 Å². The predicted octanol–water partition coefficient (Wildman–Crippen LogP) is 1.96. The lowest BCUT2D eigenvalue weighted by molar-refractivity contribution is -0.254. The maximum absolute atomic E-state index is 12.0. The highest BCUT2D eigenvalue weighted by Crippen LogP contribution is 2.17. The fourth-order valence-electron chi connectivity index (χ4n) is 1.59. The van der Waals surface area contributed by atoms with Gasteiger partial charge in [0.2, 0.25) is 0 Å². The molecule has 0 spiro atoms. The molecule has 0 unspecified atom stereocenters. The molecule has 2 aromatic rings. The zero-order chi connectivity index (χ0) is 13.8. The van der Waals surface area contributed by atoms with Gasteiger partial charge in [-0.05, 0) is 24.3 Å². The van der Waals surface area contributed by atoms with Crippen LogP contribution in [-0.2, 0) is 0 Å². The summed E-state index contributed by atoms with van der Waals surface area (Å²) in [4.78, 5) is 22.9. The molecule has 4 nitrogen and oxygen atoms in total. The van der Waals surface area contributed by atoms with Gasteiger partial charge in [-0.25, -0.2) is 0 Å². The normalized spacial score (nSPS) is 9.95. The largest absolute Gasteiger partial charge is 0.545 e. The fraction of sp³-hybridized carbons (Fsp3) is 0. The molecule has 5 heteroatoms. The van der Waals surface area contributed by atoms with Crippen molar-refractivity contribution < 1.29 is 14.7 Å². The molecule has 0 radical (unpaired) electrons. The molecule has 0 aliphatic rings. The van der Waals surface area contributed by atoms with E-state index in [1.807, 2.05) is 0 Å². The SMILES string of the molecule is O=C(Nc1ccccc1C(=O)[O-])c1cccc(Cl)c1. The summed E-state index contributed by atoms with van der Waals surface area (Å²) >= 11 is 5.79. The first-order valence-electron chi connectivity index (χ1n) is 5.45. The number of nitrogens with one attached hydrogen (secondary N) is 1. The molecule has 0 aromatic heterocycles. The van der Waals surface area contributed by atoms with E-state index in [1.54, 1.807) is 30.3 Å². The van der Waals surface area contributed by atoms with Crippen LogP contribution in [0.15, 0.2) is 48.5 Å². The molecule has 1 N–H and O–H groups in total. The maximum Gasteiger partial charge on any atom is 0.255 e. The smallest absolute Gasteiger partial charge is 0.255 e. The second-order valence-electron chi connectivity index (χ2n) is 3.80. The van der Waals surface area contributed by atoms with Gasteiger partial charge in [-0.15, -0.1) is 0 Å². The summed E-state index contributed by atoms with van der Waals surface area (Å²) in [6.07, 6.45) is 0. The summed E-state index contributed by atoms with van der Waals surface area (Å²) < 4.78 is 0. The zero-order valence-electron chi connectivity index (χ0n) is 9.72. The van der Waals surface area contributed by atoms with E-state index in [0.717, 1.165) is 0 Å². The number of para-hydroxylation sites is 1. The van der Waals surface area contributed by atoms with Crippen LogP contribution in [0, 0.1) is 0 Å². The van der Waals surface area contributed by atoms with Crippen molar-refractivity contribution in [3.63, 3.8) is 0 Å². The van der Waals surface area contributed by atoms with E-state index in [4.69, 9.17) is 11.6 Å². The molecule has 0 atom stereocenters. The molecule has 0 heterocycles. The zero-order valence-corrected chi connectivity index (χ0v) is 10.5. The van der Waals surface area contributed by atoms with Crippen molar-refractivity contribution in [2.75, 3.05) is 5.32 Å². The molecule has 19 heavy (non-hydrogen) atoms. The van der Waals surface area contributed by atoms with Gasteiger partial charge in [-0.2, -0.15) is 0 Å². The molecule has 0 saturated carbocycles. The van der Waals surface area contributed by atoms with Crippen LogP contribution >= 0.6 is 11.6 Å². The third-order valence-corrected chi connectivity index (χ3v) is 2.72. The summed E-state index contributed by atoms with van der Waals surface area (Å²) in [5, 5.41) is 13.9. The second-order valence-corrected chi connectivity index (χ2v) is 4.23. The number of carboxylic acid groups (broad SMARTS) is 1. The highest BCUT2D eigenvalue weighted by Gasteiger charge is 2.09. The minimum Gasteiger partial charge on any atom is -0.545 e. The molecule has 0 aliphatic heterocycles. The van der Waals surface area contributed by atoms with E-state index in [1.165, 1.54) is 18.2 Å². The molecule has 1 amide bonds. The summed E-state index contributed by atoms with van der Waals surface area (Å²) in [6, 6.07) is 12.4. The molecule has 0 saturated heterocycles. The van der Waals surface area contributed by atoms with Gasteiger partial charge in [0.15, 0.2) is 0 Å². The average molecular weight is 275 g/mol. The number of benzene rings is 2. The minimum absolute atomic E-state index is 0.0714. The highest BCUT2D eigenvalue weighted by atomic mass is 35.5. The first kappa shape index (κ1) is 13.1. The molecule has 96 valence electrons. The van der Waals surface area contributed by atoms with E-state index in [-0.39, 0.29) is 11.3 Å². The number of amides is 1. The molecule has 0 aliphatic carbocycles. The standard InChI is InChI=1S/C14H10ClNO3/c15-10-5-3-4-9(8-10)13(17)16-12-7-2-1-6-11(12)14(18)19/h1-8H,(H,16,17)(H,18,19)/p-1. The van der Waals surface area contributed by atoms with Crippen LogP contribution in [-0.4, -0.2) is 11.9 Å². The van der Waals surface area contributed by atoms with Crippen molar-refractivity contribution in [1.82, 2.24) is 0 Å². The number of hydrogen-bond acceptors (Lipinski definition) is 3. The lowest BCUT2D eigenvalue weighted by Crippen LogP contribution is -2.24. The third kappa shape index (κ3) is 3.11. The number of anilines is 1. The van der Waals surface area contributed by atoms with Gasteiger partial charge in [0.25, 0.3) is 5.91 Å². The molecule has 0 fully saturated rings. The first-order chi connectivity index (χ1) is 9.08. The minimum atomic E-state index is -1.35. The van der Waals surface area contributed by atoms with E-state index in [0.29, 0.717) is 10.6 Å². The Balaban J connectivity index is 2.27. The predicted molar refractivity (Wildman–Crippen MR) is 70.2 cm³/mol. The molecule has 2 rings (SSSR count). The van der Waals surface area contributed by atoms with Crippen molar-refractivity contribution in [2.45, 2.75) is 0 Å². The fourth-order valence-corrected chi connectivity index (χ4v) is 1.78. The molecule has 2 aromatic carbocycles. The van der Waals surface area contributed by atoms with Crippen molar-refractivity contribution in [3.05, 3.63) is 64.7 Å². The van der Waals surface area contributed by atoms with Crippen molar-refractivity contribution >= 4 is 29.2 Å². The van der Waals surface area contributed by atoms with Gasteiger partial charge in [0.05, 0.1) is 11.7 Å². The van der Waals surface area contributed by atoms with Crippen LogP contribution in [0.1, 0.15) is 20.7 Å². The molecular formula is C14H9ClNO3-. The highest BCUT2D eigenvalue weighted by molar-refractivity contribution is 6.31. The summed E-state index contributed by atoms with van der Waals surface area (Å²) in [6.45, 7) is 0. The molecular weight excluding hydrogens is 266 g/mol. The van der Waals surface area contributed by atoms with E-state index in [2.05, 4.69) is 5.32 Å². The Morgan fingerprint density at radius 1 is 1.05 bits per heavy atom. The number of carboxylic acids is 1. The number of carbonyl (C=O) groups is 2. The Hall–Kier alpha value is -2.33. The quantitative estimate of drug-likeness (QED) is 0.930. The number of hydrogen-bond donors (Lipinski definition) is 1. The van der Waals surface area contributed by atoms with Gasteiger partial charge in [0.1, 0.15) is 0 Å². The van der Waals surface area contributed by atoms with Gasteiger partial charge < -0.3 is 15.2 Å². The monoisotopic (exact) mass is 274 g/mol. The summed E-state index contributed by atoms with van der Waals surface area (Å²) in [5.74, 6) is -1.78. The number of aromatic carboxylic acids is 1. The van der Waals surface area contributed by atoms with Crippen molar-refractivity contribution in [3.8, 4) is 0 Å². The lowest BCUT2D eigenvalue weighted by Gasteiger charge is -2.11. The Bertz CT molecular complexity index is 640. The average Bonchev–Trinajstić information content (AvgIpc) is 2.39. The van der Waals surface area contributed by atoms with Crippen molar-refractivity contribution in [2.24, 2.45) is 0 Å². The van der Waals surface area contributed by atoms with Crippen LogP contribution < -0.4 is 10.4 Å². The number of rotatable bonds is 3. The maximum atomic E-state index is 12.0. The van der Waals surface area contributed by atoms with Gasteiger partial charge >= 0.3 is 0 Å². The summed E-state index contributed by atoms with van der Waals surface area (Å²) in [5.41, 5.74) is 0.464. The lowest BCUT2D eigenvalue weighted by atomic mass is 10.1. The van der Waals surface area contributed by atoms with Crippen LogP contribution in [0.5, 0.6) is 0 Å². The number of carbonyl (C=O) groups excluding carboxylic acids is 2. The van der Waals surface area contributed by atoms with Crippen molar-refractivity contribution in [1.29, 1.82) is 0 Å². The Morgan fingerprint density at radius 2 is 1.79 bits per heavy atom. The van der Waals surface area contributed by atoms with Crippen LogP contribution in [0.4, 0.5) is 5.69 Å². The van der Waals surface area contributed by atoms with Crippen LogP contribution in [0.2, 0.25) is 5.02 Å². The second kappa shape index (κ2) is 5.54. The van der Waals surface area contributed by atoms with Crippen LogP contribution in [0.3, 0.4) is 0 Å².